The monoisotopic (exact) mass is 277 g/mol. The van der Waals surface area contributed by atoms with Crippen LogP contribution in [0.5, 0.6) is 0 Å². The molecule has 0 radical (unpaired) electrons. The van der Waals surface area contributed by atoms with Crippen LogP contribution in [-0.4, -0.2) is 35.1 Å². The molecule has 0 rings (SSSR count). The van der Waals surface area contributed by atoms with E-state index in [1.807, 2.05) is 0 Å². The van der Waals surface area contributed by atoms with Crippen molar-refractivity contribution in [2.75, 3.05) is 0 Å². The van der Waals surface area contributed by atoms with Gasteiger partial charge in [-0.15, -0.1) is 0 Å². The summed E-state index contributed by atoms with van der Waals surface area (Å²) in [4.78, 5) is 21.4. The van der Waals surface area contributed by atoms with Gasteiger partial charge in [-0.05, 0) is 12.3 Å². The summed E-state index contributed by atoms with van der Waals surface area (Å²) in [5, 5.41) is 9.78. The van der Waals surface area contributed by atoms with E-state index < -0.39 is 30.0 Å². The van der Waals surface area contributed by atoms with Crippen molar-refractivity contribution in [2.24, 2.45) is 5.92 Å². The summed E-state index contributed by atoms with van der Waals surface area (Å²) in [6.07, 6.45) is -6.31. The van der Waals surface area contributed by atoms with E-state index in [0.717, 1.165) is 0 Å². The normalized spacial score (nSPS) is 14.4. The Balaban J connectivity index is 4.86. The fraction of sp³-hybridized carbons (Fsp3) is 0.778. The van der Waals surface area contributed by atoms with E-state index in [9.17, 15) is 31.5 Å². The van der Waals surface area contributed by atoms with Crippen LogP contribution in [-0.2, 0) is 9.59 Å². The average Bonchev–Trinajstić information content (AvgIpc) is 2.13. The van der Waals surface area contributed by atoms with Crippen LogP contribution in [0.3, 0.4) is 0 Å². The highest BCUT2D eigenvalue weighted by Gasteiger charge is 2.63. The molecule has 0 aromatic rings. The van der Waals surface area contributed by atoms with E-state index in [4.69, 9.17) is 5.11 Å². The predicted octanol–water partition coefficient (Wildman–Crippen LogP) is 1.80. The van der Waals surface area contributed by atoms with Gasteiger partial charge in [-0.1, -0.05) is 13.8 Å². The molecule has 0 aliphatic rings. The van der Waals surface area contributed by atoms with Crippen molar-refractivity contribution in [3.05, 3.63) is 0 Å². The lowest BCUT2D eigenvalue weighted by Crippen LogP contribution is -2.54. The molecule has 106 valence electrons. The minimum absolute atomic E-state index is 0.255. The van der Waals surface area contributed by atoms with Gasteiger partial charge in [0.2, 0.25) is 0 Å². The maximum Gasteiger partial charge on any atom is 0.463 e. The number of carbonyl (C=O) groups excluding carboxylic acids is 1. The van der Waals surface area contributed by atoms with Gasteiger partial charge in [-0.2, -0.15) is 22.0 Å². The molecule has 0 aromatic heterocycles. The zero-order valence-electron chi connectivity index (χ0n) is 9.52. The van der Waals surface area contributed by atoms with Crippen LogP contribution >= 0.6 is 0 Å². The van der Waals surface area contributed by atoms with Crippen molar-refractivity contribution in [3.63, 3.8) is 0 Å². The Hall–Kier alpha value is -1.41. The van der Waals surface area contributed by atoms with E-state index in [1.165, 1.54) is 19.2 Å². The second-order valence-electron chi connectivity index (χ2n) is 4.07. The fourth-order valence-electron chi connectivity index (χ4n) is 1.07. The Morgan fingerprint density at radius 3 is 1.89 bits per heavy atom. The smallest absolute Gasteiger partial charge is 0.463 e. The predicted molar refractivity (Wildman–Crippen MR) is 50.0 cm³/mol. The lowest BCUT2D eigenvalue weighted by Gasteiger charge is -2.22. The number of alkyl halides is 5. The molecule has 0 spiro atoms. The lowest BCUT2D eigenvalue weighted by atomic mass is 10.0. The van der Waals surface area contributed by atoms with E-state index in [-0.39, 0.29) is 12.3 Å². The van der Waals surface area contributed by atoms with Crippen LogP contribution in [0.1, 0.15) is 20.3 Å². The molecule has 9 heteroatoms. The number of carboxylic acid groups (broad SMARTS) is 1. The number of carbonyl (C=O) groups is 2. The first-order valence-electron chi connectivity index (χ1n) is 4.88. The third-order valence-electron chi connectivity index (χ3n) is 1.95. The van der Waals surface area contributed by atoms with Crippen molar-refractivity contribution in [3.8, 4) is 0 Å². The summed E-state index contributed by atoms with van der Waals surface area (Å²) in [7, 11) is 0. The molecule has 0 fully saturated rings. The quantitative estimate of drug-likeness (QED) is 0.753. The molecule has 0 unspecified atom stereocenters. The van der Waals surface area contributed by atoms with Gasteiger partial charge in [0.25, 0.3) is 0 Å². The lowest BCUT2D eigenvalue weighted by molar-refractivity contribution is -0.270. The number of halogens is 5. The van der Waals surface area contributed by atoms with Crippen LogP contribution in [0.4, 0.5) is 22.0 Å². The topological polar surface area (TPSA) is 66.4 Å². The van der Waals surface area contributed by atoms with E-state index >= 15 is 0 Å². The zero-order chi connectivity index (χ0) is 14.7. The number of carboxylic acids is 1. The highest BCUT2D eigenvalue weighted by molar-refractivity contribution is 5.88. The molecule has 4 nitrogen and oxygen atoms in total. The van der Waals surface area contributed by atoms with E-state index in [0.29, 0.717) is 0 Å². The fourth-order valence-corrected chi connectivity index (χ4v) is 1.07. The largest absolute Gasteiger partial charge is 0.480 e. The van der Waals surface area contributed by atoms with Gasteiger partial charge >= 0.3 is 24.0 Å². The summed E-state index contributed by atoms with van der Waals surface area (Å²) in [5.74, 6) is -10.2. The SMILES string of the molecule is CC(C)C[C@@H](NC(=O)C(F)(F)C(F)(F)F)C(=O)O. The summed E-state index contributed by atoms with van der Waals surface area (Å²) >= 11 is 0. The van der Waals surface area contributed by atoms with Gasteiger partial charge in [0.1, 0.15) is 6.04 Å². The van der Waals surface area contributed by atoms with Crippen LogP contribution < -0.4 is 5.32 Å². The van der Waals surface area contributed by atoms with Gasteiger partial charge in [-0.25, -0.2) is 4.79 Å². The van der Waals surface area contributed by atoms with Gasteiger partial charge < -0.3 is 10.4 Å². The maximum atomic E-state index is 12.6. The second-order valence-corrected chi connectivity index (χ2v) is 4.07. The van der Waals surface area contributed by atoms with Crippen molar-refractivity contribution < 1.29 is 36.6 Å². The minimum Gasteiger partial charge on any atom is -0.480 e. The molecule has 0 aromatic carbocycles. The summed E-state index contributed by atoms with van der Waals surface area (Å²) in [5.41, 5.74) is 0. The van der Waals surface area contributed by atoms with Crippen molar-refractivity contribution in [1.29, 1.82) is 0 Å². The molecular formula is C9H12F5NO3. The van der Waals surface area contributed by atoms with E-state index in [1.54, 1.807) is 0 Å². The molecule has 18 heavy (non-hydrogen) atoms. The van der Waals surface area contributed by atoms with Crippen molar-refractivity contribution in [2.45, 2.75) is 38.4 Å². The minimum atomic E-state index is -6.06. The first-order chi connectivity index (χ1) is 7.89. The standard InChI is InChI=1S/C9H12F5NO3/c1-4(2)3-5(6(16)17)15-7(18)8(10,11)9(12,13)14/h4-5H,3H2,1-2H3,(H,15,18)(H,16,17)/t5-/m1/s1. The van der Waals surface area contributed by atoms with Gasteiger partial charge in [0.15, 0.2) is 0 Å². The molecular weight excluding hydrogens is 265 g/mol. The summed E-state index contributed by atoms with van der Waals surface area (Å²) < 4.78 is 60.6. The second kappa shape index (κ2) is 5.49. The highest BCUT2D eigenvalue weighted by Crippen LogP contribution is 2.35. The number of amides is 1. The van der Waals surface area contributed by atoms with Crippen molar-refractivity contribution >= 4 is 11.9 Å². The molecule has 1 atom stereocenters. The summed E-state index contributed by atoms with van der Waals surface area (Å²) in [6, 6.07) is -1.79. The Morgan fingerprint density at radius 1 is 1.17 bits per heavy atom. The number of hydrogen-bond donors (Lipinski definition) is 2. The first-order valence-corrected chi connectivity index (χ1v) is 4.88. The molecule has 2 N–H and O–H groups in total. The third kappa shape index (κ3) is 4.11. The Morgan fingerprint density at radius 2 is 1.61 bits per heavy atom. The maximum absolute atomic E-state index is 12.6. The van der Waals surface area contributed by atoms with Crippen LogP contribution in [0.25, 0.3) is 0 Å². The average molecular weight is 277 g/mol. The number of nitrogens with one attached hydrogen (secondary N) is 1. The molecule has 0 saturated carbocycles. The number of aliphatic carboxylic acids is 1. The molecule has 1 amide bonds. The zero-order valence-corrected chi connectivity index (χ0v) is 9.52. The number of rotatable bonds is 5. The molecule has 0 aliphatic carbocycles. The molecule has 0 saturated heterocycles. The molecule has 0 aliphatic heterocycles. The van der Waals surface area contributed by atoms with E-state index in [2.05, 4.69) is 0 Å². The number of hydrogen-bond acceptors (Lipinski definition) is 2. The van der Waals surface area contributed by atoms with Crippen LogP contribution in [0.15, 0.2) is 0 Å². The van der Waals surface area contributed by atoms with Gasteiger partial charge in [0, 0.05) is 0 Å². The van der Waals surface area contributed by atoms with Gasteiger partial charge in [-0.3, -0.25) is 4.79 Å². The molecule has 0 heterocycles. The van der Waals surface area contributed by atoms with Crippen LogP contribution in [0, 0.1) is 5.92 Å². The first kappa shape index (κ1) is 16.6. The third-order valence-corrected chi connectivity index (χ3v) is 1.95. The Labute approximate surface area is 99.2 Å². The Kier molecular flexibility index (Phi) is 5.06. The highest BCUT2D eigenvalue weighted by atomic mass is 19.4. The Bertz CT molecular complexity index is 327. The molecule has 0 bridgehead atoms. The summed E-state index contributed by atoms with van der Waals surface area (Å²) in [6.45, 7) is 3.06. The van der Waals surface area contributed by atoms with Crippen molar-refractivity contribution in [1.82, 2.24) is 5.32 Å². The van der Waals surface area contributed by atoms with Gasteiger partial charge in [0.05, 0.1) is 0 Å². The van der Waals surface area contributed by atoms with Crippen LogP contribution in [0.2, 0.25) is 0 Å².